The maximum atomic E-state index is 12.8. The van der Waals surface area contributed by atoms with Crippen molar-refractivity contribution in [1.29, 1.82) is 0 Å². The number of ether oxygens (including phenoxy) is 1. The van der Waals surface area contributed by atoms with Crippen LogP contribution in [-0.4, -0.2) is 45.2 Å². The molecule has 1 N–H and O–H groups in total. The molecule has 0 amide bonds. The second kappa shape index (κ2) is 6.69. The molecule has 0 aromatic heterocycles. The van der Waals surface area contributed by atoms with Gasteiger partial charge < -0.3 is 19.1 Å². The highest BCUT2D eigenvalue weighted by molar-refractivity contribution is 7.54. The third-order valence-electron chi connectivity index (χ3n) is 3.66. The predicted molar refractivity (Wildman–Crippen MR) is 72.6 cm³/mol. The first-order chi connectivity index (χ1) is 8.17. The van der Waals surface area contributed by atoms with E-state index in [1.54, 1.807) is 0 Å². The molecule has 2 atom stereocenters. The molecule has 0 aromatic carbocycles. The molecule has 0 aliphatic carbocycles. The number of hydrogen-bond acceptors (Lipinski definition) is 5. The lowest BCUT2D eigenvalue weighted by Gasteiger charge is -2.33. The summed E-state index contributed by atoms with van der Waals surface area (Å²) in [6.07, 6.45) is 0.939. The van der Waals surface area contributed by atoms with E-state index < -0.39 is 7.60 Å². The quantitative estimate of drug-likeness (QED) is 0.788. The van der Waals surface area contributed by atoms with Gasteiger partial charge in [0, 0.05) is 25.1 Å². The van der Waals surface area contributed by atoms with Crippen LogP contribution in [0.1, 0.15) is 20.3 Å². The van der Waals surface area contributed by atoms with Gasteiger partial charge in [-0.2, -0.15) is 0 Å². The molecule has 0 aromatic rings. The Morgan fingerprint density at radius 3 is 2.56 bits per heavy atom. The summed E-state index contributed by atoms with van der Waals surface area (Å²) >= 11 is 0. The van der Waals surface area contributed by atoms with Crippen LogP contribution in [-0.2, 0) is 18.3 Å². The Balaban J connectivity index is 0.00000162. The highest BCUT2D eigenvalue weighted by atomic mass is 35.5. The van der Waals surface area contributed by atoms with Gasteiger partial charge in [0.05, 0.1) is 25.5 Å². The van der Waals surface area contributed by atoms with Gasteiger partial charge in [0.1, 0.15) is 0 Å². The number of hydrogen-bond donors (Lipinski definition) is 1. The van der Waals surface area contributed by atoms with Crippen molar-refractivity contribution >= 4 is 20.0 Å². The summed E-state index contributed by atoms with van der Waals surface area (Å²) in [4.78, 5) is 0. The second-order valence-electron chi connectivity index (χ2n) is 4.69. The number of nitrogens with one attached hydrogen (secondary N) is 1. The summed E-state index contributed by atoms with van der Waals surface area (Å²) in [6, 6.07) is 0. The molecule has 0 bridgehead atoms. The standard InChI is InChI=1S/C11H22NO4P.ClH/c1-3-15-17(13,16-4-2)10-7-12-8-11(10)5-6-14-9-11;/h10,12H,3-9H2,1-2H3;1H. The van der Waals surface area contributed by atoms with Gasteiger partial charge in [-0.25, -0.2) is 0 Å². The fourth-order valence-electron chi connectivity index (χ4n) is 2.84. The highest BCUT2D eigenvalue weighted by Gasteiger charge is 2.55. The molecule has 2 saturated heterocycles. The maximum Gasteiger partial charge on any atom is 0.335 e. The van der Waals surface area contributed by atoms with Gasteiger partial charge in [0.2, 0.25) is 0 Å². The van der Waals surface area contributed by atoms with Gasteiger partial charge in [0.25, 0.3) is 0 Å². The second-order valence-corrected chi connectivity index (χ2v) is 6.91. The molecule has 0 saturated carbocycles. The van der Waals surface area contributed by atoms with E-state index in [1.807, 2.05) is 13.8 Å². The predicted octanol–water partition coefficient (Wildman–Crippen LogP) is 2.05. The largest absolute Gasteiger partial charge is 0.381 e. The zero-order chi connectivity index (χ0) is 12.4. The Bertz CT molecular complexity index is 294. The smallest absolute Gasteiger partial charge is 0.335 e. The third kappa shape index (κ3) is 2.92. The molecule has 18 heavy (non-hydrogen) atoms. The van der Waals surface area contributed by atoms with Crippen LogP contribution in [0.4, 0.5) is 0 Å². The minimum absolute atomic E-state index is 0. The lowest BCUT2D eigenvalue weighted by atomic mass is 9.86. The van der Waals surface area contributed by atoms with Crippen LogP contribution in [0.25, 0.3) is 0 Å². The summed E-state index contributed by atoms with van der Waals surface area (Å²) in [6.45, 7) is 7.50. The van der Waals surface area contributed by atoms with Crippen molar-refractivity contribution in [1.82, 2.24) is 5.32 Å². The van der Waals surface area contributed by atoms with E-state index in [-0.39, 0.29) is 23.5 Å². The molecule has 108 valence electrons. The normalized spacial score (nSPS) is 31.8. The van der Waals surface area contributed by atoms with Gasteiger partial charge in [-0.3, -0.25) is 4.57 Å². The Kier molecular flexibility index (Phi) is 6.10. The van der Waals surface area contributed by atoms with Crippen molar-refractivity contribution in [3.63, 3.8) is 0 Å². The lowest BCUT2D eigenvalue weighted by Crippen LogP contribution is -2.35. The average molecular weight is 300 g/mol. The van der Waals surface area contributed by atoms with Crippen LogP contribution in [0.5, 0.6) is 0 Å². The first-order valence-corrected chi connectivity index (χ1v) is 7.95. The Hall–Kier alpha value is 0.360. The molecule has 2 fully saturated rings. The van der Waals surface area contributed by atoms with E-state index in [0.29, 0.717) is 26.4 Å². The molecule has 2 unspecified atom stereocenters. The minimum Gasteiger partial charge on any atom is -0.381 e. The van der Waals surface area contributed by atoms with Crippen LogP contribution in [0, 0.1) is 5.41 Å². The van der Waals surface area contributed by atoms with E-state index in [4.69, 9.17) is 13.8 Å². The highest BCUT2D eigenvalue weighted by Crippen LogP contribution is 2.61. The first kappa shape index (κ1) is 16.4. The molecular formula is C11H23ClNO4P. The maximum absolute atomic E-state index is 12.8. The van der Waals surface area contributed by atoms with E-state index in [9.17, 15) is 4.57 Å². The van der Waals surface area contributed by atoms with Gasteiger partial charge in [-0.15, -0.1) is 12.4 Å². The Labute approximate surface area is 115 Å². The third-order valence-corrected chi connectivity index (χ3v) is 6.39. The van der Waals surface area contributed by atoms with Crippen LogP contribution in [0.2, 0.25) is 0 Å². The summed E-state index contributed by atoms with van der Waals surface area (Å²) in [5.74, 6) is 0. The molecule has 2 aliphatic rings. The topological polar surface area (TPSA) is 56.8 Å². The SMILES string of the molecule is CCOP(=O)(OCC)C1CNCC12CCOC2.Cl. The van der Waals surface area contributed by atoms with Gasteiger partial charge >= 0.3 is 7.60 Å². The zero-order valence-corrected chi connectivity index (χ0v) is 12.7. The summed E-state index contributed by atoms with van der Waals surface area (Å²) in [7, 11) is -3.02. The molecule has 7 heteroatoms. The van der Waals surface area contributed by atoms with Gasteiger partial charge in [-0.05, 0) is 20.3 Å². The van der Waals surface area contributed by atoms with E-state index in [2.05, 4.69) is 5.32 Å². The van der Waals surface area contributed by atoms with E-state index >= 15 is 0 Å². The Morgan fingerprint density at radius 2 is 2.06 bits per heavy atom. The van der Waals surface area contributed by atoms with E-state index in [1.165, 1.54) is 0 Å². The minimum atomic E-state index is -3.02. The van der Waals surface area contributed by atoms with Crippen molar-refractivity contribution in [2.75, 3.05) is 39.5 Å². The molecular weight excluding hydrogens is 277 g/mol. The number of rotatable bonds is 5. The molecule has 0 radical (unpaired) electrons. The van der Waals surface area contributed by atoms with Crippen LogP contribution >= 0.6 is 20.0 Å². The monoisotopic (exact) mass is 299 g/mol. The van der Waals surface area contributed by atoms with E-state index in [0.717, 1.165) is 19.6 Å². The number of halogens is 1. The van der Waals surface area contributed by atoms with Gasteiger partial charge in [-0.1, -0.05) is 0 Å². The summed E-state index contributed by atoms with van der Waals surface area (Å²) in [5, 5.41) is 3.32. The summed E-state index contributed by atoms with van der Waals surface area (Å²) in [5.41, 5.74) is -0.128. The van der Waals surface area contributed by atoms with Gasteiger partial charge in [0.15, 0.2) is 0 Å². The van der Waals surface area contributed by atoms with Crippen molar-refractivity contribution in [2.24, 2.45) is 5.41 Å². The fourth-order valence-corrected chi connectivity index (χ4v) is 5.31. The first-order valence-electron chi connectivity index (χ1n) is 6.34. The average Bonchev–Trinajstić information content (AvgIpc) is 2.91. The molecule has 1 spiro atoms. The van der Waals surface area contributed by atoms with Crippen molar-refractivity contribution in [3.05, 3.63) is 0 Å². The van der Waals surface area contributed by atoms with Crippen molar-refractivity contribution in [3.8, 4) is 0 Å². The molecule has 2 rings (SSSR count). The fraction of sp³-hybridized carbons (Fsp3) is 1.00. The van der Waals surface area contributed by atoms with Crippen LogP contribution in [0.3, 0.4) is 0 Å². The van der Waals surface area contributed by atoms with Crippen LogP contribution < -0.4 is 5.32 Å². The molecule has 5 nitrogen and oxygen atoms in total. The molecule has 2 heterocycles. The Morgan fingerprint density at radius 1 is 1.39 bits per heavy atom. The van der Waals surface area contributed by atoms with Crippen LogP contribution in [0.15, 0.2) is 0 Å². The molecule has 2 aliphatic heterocycles. The van der Waals surface area contributed by atoms with Crippen molar-refractivity contribution < 1.29 is 18.3 Å². The van der Waals surface area contributed by atoms with Crippen molar-refractivity contribution in [2.45, 2.75) is 25.9 Å². The lowest BCUT2D eigenvalue weighted by molar-refractivity contribution is 0.147. The summed E-state index contributed by atoms with van der Waals surface area (Å²) < 4.78 is 29.3. The zero-order valence-electron chi connectivity index (χ0n) is 11.0.